The number of carbonyl (C=O) groups is 1. The molecule has 0 aromatic rings. The quantitative estimate of drug-likeness (QED) is 0.261. The molecule has 1 saturated heterocycles. The average molecular weight is 344 g/mol. The van der Waals surface area contributed by atoms with Crippen molar-refractivity contribution in [3.63, 3.8) is 0 Å². The number of hydrogen-bond donors (Lipinski definition) is 2. The molecule has 1 fully saturated rings. The summed E-state index contributed by atoms with van der Waals surface area (Å²) in [6.45, 7) is 7.16. The van der Waals surface area contributed by atoms with Crippen LogP contribution < -0.4 is 10.6 Å². The zero-order valence-electron chi connectivity index (χ0n) is 14.7. The highest BCUT2D eigenvalue weighted by molar-refractivity contribution is 8.00. The summed E-state index contributed by atoms with van der Waals surface area (Å²) >= 11 is 2.05. The van der Waals surface area contributed by atoms with Gasteiger partial charge < -0.3 is 15.4 Å². The molecule has 1 unspecified atom stereocenters. The number of guanidine groups is 1. The number of nitrogens with one attached hydrogen (secondary N) is 2. The second-order valence-corrected chi connectivity index (χ2v) is 7.16. The van der Waals surface area contributed by atoms with Crippen LogP contribution in [-0.4, -0.2) is 49.2 Å². The molecule has 0 spiro atoms. The molecule has 23 heavy (non-hydrogen) atoms. The van der Waals surface area contributed by atoms with Gasteiger partial charge in [-0.3, -0.25) is 9.79 Å². The molecule has 0 amide bonds. The number of thioether (sulfide) groups is 1. The van der Waals surface area contributed by atoms with Crippen LogP contribution in [0.2, 0.25) is 0 Å². The van der Waals surface area contributed by atoms with E-state index < -0.39 is 0 Å². The highest BCUT2D eigenvalue weighted by atomic mass is 32.2. The van der Waals surface area contributed by atoms with Crippen LogP contribution >= 0.6 is 11.8 Å². The first-order valence-electron chi connectivity index (χ1n) is 9.05. The van der Waals surface area contributed by atoms with Gasteiger partial charge in [0.2, 0.25) is 0 Å². The maximum absolute atomic E-state index is 11.2. The Morgan fingerprint density at radius 2 is 2.04 bits per heavy atom. The third-order valence-corrected chi connectivity index (χ3v) is 5.11. The molecule has 1 aliphatic rings. The average Bonchev–Trinajstić information content (AvgIpc) is 3.05. The Morgan fingerprint density at radius 3 is 2.74 bits per heavy atom. The van der Waals surface area contributed by atoms with Crippen molar-refractivity contribution in [2.24, 2.45) is 4.99 Å². The molecule has 0 radical (unpaired) electrons. The predicted molar refractivity (Wildman–Crippen MR) is 99.2 cm³/mol. The van der Waals surface area contributed by atoms with Crippen molar-refractivity contribution in [3.8, 4) is 0 Å². The van der Waals surface area contributed by atoms with Crippen molar-refractivity contribution in [1.82, 2.24) is 10.6 Å². The van der Waals surface area contributed by atoms with Crippen molar-refractivity contribution < 1.29 is 9.53 Å². The molecule has 0 aromatic carbocycles. The number of hydrogen-bond acceptors (Lipinski definition) is 4. The van der Waals surface area contributed by atoms with Crippen LogP contribution in [0.3, 0.4) is 0 Å². The lowest BCUT2D eigenvalue weighted by atomic mass is 10.1. The summed E-state index contributed by atoms with van der Waals surface area (Å²) in [7, 11) is 0. The maximum atomic E-state index is 11.2. The monoisotopic (exact) mass is 343 g/mol. The lowest BCUT2D eigenvalue weighted by molar-refractivity contribution is -0.143. The number of nitrogens with zero attached hydrogens (tertiary/aromatic N) is 1. The number of esters is 1. The second kappa shape index (κ2) is 13.5. The SMILES string of the molecule is CCNC(=NCC1CCCS1)NCCCCCCC(=O)OCC. The van der Waals surface area contributed by atoms with Crippen LogP contribution in [0, 0.1) is 0 Å². The molecule has 1 aliphatic heterocycles. The molecule has 5 nitrogen and oxygen atoms in total. The van der Waals surface area contributed by atoms with Crippen molar-refractivity contribution in [2.45, 2.75) is 64.0 Å². The molecule has 0 aliphatic carbocycles. The largest absolute Gasteiger partial charge is 0.466 e. The standard InChI is InChI=1S/C17H33N3O2S/c1-3-18-17(20-14-15-10-9-13-23-15)19-12-8-6-5-7-11-16(21)22-4-2/h15H,3-14H2,1-2H3,(H2,18,19,20). The maximum Gasteiger partial charge on any atom is 0.305 e. The van der Waals surface area contributed by atoms with E-state index >= 15 is 0 Å². The van der Waals surface area contributed by atoms with Crippen LogP contribution in [-0.2, 0) is 9.53 Å². The summed E-state index contributed by atoms with van der Waals surface area (Å²) in [5.74, 6) is 2.15. The Kier molecular flexibility index (Phi) is 11.8. The molecule has 0 bridgehead atoms. The van der Waals surface area contributed by atoms with E-state index in [-0.39, 0.29) is 5.97 Å². The first-order chi connectivity index (χ1) is 11.3. The normalized spacial score (nSPS) is 18.0. The van der Waals surface area contributed by atoms with E-state index in [9.17, 15) is 4.79 Å². The predicted octanol–water partition coefficient (Wildman–Crippen LogP) is 2.95. The van der Waals surface area contributed by atoms with Gasteiger partial charge in [-0.2, -0.15) is 11.8 Å². The molecule has 6 heteroatoms. The van der Waals surface area contributed by atoms with E-state index in [0.717, 1.165) is 51.3 Å². The third kappa shape index (κ3) is 10.5. The number of carbonyl (C=O) groups excluding carboxylic acids is 1. The minimum absolute atomic E-state index is 0.0722. The number of aliphatic imine (C=N–C) groups is 1. The molecular formula is C17H33N3O2S. The van der Waals surface area contributed by atoms with Crippen LogP contribution in [0.1, 0.15) is 58.8 Å². The summed E-state index contributed by atoms with van der Waals surface area (Å²) in [6, 6.07) is 0. The van der Waals surface area contributed by atoms with Gasteiger partial charge in [-0.1, -0.05) is 12.8 Å². The van der Waals surface area contributed by atoms with Crippen molar-refractivity contribution in [2.75, 3.05) is 32.0 Å². The molecule has 2 N–H and O–H groups in total. The molecule has 0 aromatic heterocycles. The number of ether oxygens (including phenoxy) is 1. The van der Waals surface area contributed by atoms with Gasteiger partial charge in [-0.25, -0.2) is 0 Å². The second-order valence-electron chi connectivity index (χ2n) is 5.75. The fourth-order valence-corrected chi connectivity index (χ4v) is 3.69. The van der Waals surface area contributed by atoms with Gasteiger partial charge in [0, 0.05) is 24.8 Å². The lowest BCUT2D eigenvalue weighted by Gasteiger charge is -2.12. The molecule has 134 valence electrons. The van der Waals surface area contributed by atoms with E-state index in [0.29, 0.717) is 18.3 Å². The highest BCUT2D eigenvalue weighted by Gasteiger charge is 2.14. The molecule has 0 saturated carbocycles. The van der Waals surface area contributed by atoms with Crippen LogP contribution in [0.4, 0.5) is 0 Å². The van der Waals surface area contributed by atoms with Gasteiger partial charge in [-0.05, 0) is 45.3 Å². The van der Waals surface area contributed by atoms with Crippen molar-refractivity contribution in [1.29, 1.82) is 0 Å². The fraction of sp³-hybridized carbons (Fsp3) is 0.882. The lowest BCUT2D eigenvalue weighted by Crippen LogP contribution is -2.38. The van der Waals surface area contributed by atoms with E-state index in [1.54, 1.807) is 0 Å². The Hall–Kier alpha value is -0.910. The van der Waals surface area contributed by atoms with E-state index in [2.05, 4.69) is 22.5 Å². The smallest absolute Gasteiger partial charge is 0.305 e. The number of rotatable bonds is 11. The number of unbranched alkanes of at least 4 members (excludes halogenated alkanes) is 3. The Balaban J connectivity index is 2.05. The minimum atomic E-state index is -0.0722. The molecule has 1 atom stereocenters. The van der Waals surface area contributed by atoms with Crippen LogP contribution in [0.5, 0.6) is 0 Å². The van der Waals surface area contributed by atoms with E-state index in [4.69, 9.17) is 4.74 Å². The third-order valence-electron chi connectivity index (χ3n) is 3.73. The Morgan fingerprint density at radius 1 is 1.22 bits per heavy atom. The zero-order chi connectivity index (χ0) is 16.8. The zero-order valence-corrected chi connectivity index (χ0v) is 15.6. The van der Waals surface area contributed by atoms with Crippen LogP contribution in [0.25, 0.3) is 0 Å². The summed E-state index contributed by atoms with van der Waals surface area (Å²) in [6.07, 6.45) is 7.41. The summed E-state index contributed by atoms with van der Waals surface area (Å²) < 4.78 is 4.92. The van der Waals surface area contributed by atoms with Gasteiger partial charge in [-0.15, -0.1) is 0 Å². The van der Waals surface area contributed by atoms with E-state index in [1.807, 2.05) is 18.7 Å². The van der Waals surface area contributed by atoms with E-state index in [1.165, 1.54) is 18.6 Å². The highest BCUT2D eigenvalue weighted by Crippen LogP contribution is 2.25. The van der Waals surface area contributed by atoms with Gasteiger partial charge in [0.05, 0.1) is 13.2 Å². The molecular weight excluding hydrogens is 310 g/mol. The summed E-state index contributed by atoms with van der Waals surface area (Å²) in [5.41, 5.74) is 0. The van der Waals surface area contributed by atoms with Gasteiger partial charge in [0.25, 0.3) is 0 Å². The first-order valence-corrected chi connectivity index (χ1v) is 10.1. The summed E-state index contributed by atoms with van der Waals surface area (Å²) in [4.78, 5) is 15.9. The Bertz CT molecular complexity index is 345. The van der Waals surface area contributed by atoms with Gasteiger partial charge in [0.15, 0.2) is 5.96 Å². The van der Waals surface area contributed by atoms with Gasteiger partial charge >= 0.3 is 5.97 Å². The van der Waals surface area contributed by atoms with Gasteiger partial charge in [0.1, 0.15) is 0 Å². The first kappa shape index (κ1) is 20.1. The minimum Gasteiger partial charge on any atom is -0.466 e. The topological polar surface area (TPSA) is 62.7 Å². The van der Waals surface area contributed by atoms with Crippen molar-refractivity contribution >= 4 is 23.7 Å². The van der Waals surface area contributed by atoms with Crippen LogP contribution in [0.15, 0.2) is 4.99 Å². The fourth-order valence-electron chi connectivity index (χ4n) is 2.51. The molecule has 1 heterocycles. The van der Waals surface area contributed by atoms with Crippen molar-refractivity contribution in [3.05, 3.63) is 0 Å². The Labute approximate surface area is 145 Å². The summed E-state index contributed by atoms with van der Waals surface area (Å²) in [5, 5.41) is 7.41. The molecule has 1 rings (SSSR count).